The second-order valence-corrected chi connectivity index (χ2v) is 6.59. The van der Waals surface area contributed by atoms with Gasteiger partial charge in [-0.1, -0.05) is 31.4 Å². The average Bonchev–Trinajstić information content (AvgIpc) is 3.06. The molecule has 3 rings (SSSR count). The van der Waals surface area contributed by atoms with Crippen molar-refractivity contribution < 1.29 is 14.7 Å². The molecule has 4 heteroatoms. The molecule has 2 bridgehead atoms. The van der Waals surface area contributed by atoms with Crippen LogP contribution in [0.1, 0.15) is 38.5 Å². The summed E-state index contributed by atoms with van der Waals surface area (Å²) in [4.78, 5) is 23.8. The molecule has 2 N–H and O–H groups in total. The van der Waals surface area contributed by atoms with Crippen LogP contribution in [0.3, 0.4) is 0 Å². The smallest absolute Gasteiger partial charge is 0.307 e. The van der Waals surface area contributed by atoms with Gasteiger partial charge in [0.25, 0.3) is 0 Å². The van der Waals surface area contributed by atoms with Crippen molar-refractivity contribution in [2.75, 3.05) is 6.54 Å². The number of hydrogen-bond acceptors (Lipinski definition) is 2. The average molecular weight is 277 g/mol. The number of amides is 1. The molecule has 1 amide bonds. The SMILES string of the molecule is O=C(O)[C@@H]1[C@H](C(=O)NCC2CCCCC2)[C@H]2C=C[C@H]1C2. The van der Waals surface area contributed by atoms with E-state index in [9.17, 15) is 14.7 Å². The summed E-state index contributed by atoms with van der Waals surface area (Å²) in [5.41, 5.74) is 0. The third kappa shape index (κ3) is 2.48. The summed E-state index contributed by atoms with van der Waals surface area (Å²) in [6.07, 6.45) is 11.1. The predicted molar refractivity (Wildman–Crippen MR) is 74.9 cm³/mol. The maximum Gasteiger partial charge on any atom is 0.307 e. The summed E-state index contributed by atoms with van der Waals surface area (Å²) >= 11 is 0. The van der Waals surface area contributed by atoms with Crippen LogP contribution in [0.5, 0.6) is 0 Å². The second-order valence-electron chi connectivity index (χ2n) is 6.59. The Hall–Kier alpha value is -1.32. The highest BCUT2D eigenvalue weighted by atomic mass is 16.4. The zero-order valence-corrected chi connectivity index (χ0v) is 11.8. The van der Waals surface area contributed by atoms with E-state index in [1.165, 1.54) is 32.1 Å². The van der Waals surface area contributed by atoms with Gasteiger partial charge in [-0.25, -0.2) is 0 Å². The molecular weight excluding hydrogens is 254 g/mol. The molecule has 4 nitrogen and oxygen atoms in total. The summed E-state index contributed by atoms with van der Waals surface area (Å²) in [5.74, 6) is -0.956. The molecule has 0 aromatic carbocycles. The normalized spacial score (nSPS) is 36.2. The van der Waals surface area contributed by atoms with Gasteiger partial charge in [0.15, 0.2) is 0 Å². The third-order valence-corrected chi connectivity index (χ3v) is 5.34. The first kappa shape index (κ1) is 13.7. The van der Waals surface area contributed by atoms with Crippen LogP contribution >= 0.6 is 0 Å². The molecular formula is C16H23NO3. The van der Waals surface area contributed by atoms with Gasteiger partial charge in [-0.05, 0) is 37.0 Å². The standard InChI is InChI=1S/C16H23NO3/c18-15(17-9-10-4-2-1-3-5-10)13-11-6-7-12(8-11)14(13)16(19)20/h6-7,10-14H,1-5,8-9H2,(H,17,18)(H,19,20)/t11-,12-,13+,14-/m0/s1. The third-order valence-electron chi connectivity index (χ3n) is 5.34. The van der Waals surface area contributed by atoms with Crippen molar-refractivity contribution in [1.29, 1.82) is 0 Å². The molecule has 4 atom stereocenters. The van der Waals surface area contributed by atoms with Crippen LogP contribution in [0.2, 0.25) is 0 Å². The largest absolute Gasteiger partial charge is 0.481 e. The van der Waals surface area contributed by atoms with Crippen LogP contribution in [0.4, 0.5) is 0 Å². The summed E-state index contributed by atoms with van der Waals surface area (Å²) in [5, 5.41) is 12.4. The molecule has 0 aromatic rings. The van der Waals surface area contributed by atoms with Crippen LogP contribution < -0.4 is 5.32 Å². The summed E-state index contributed by atoms with van der Waals surface area (Å²) in [6, 6.07) is 0. The molecule has 2 saturated carbocycles. The molecule has 3 aliphatic carbocycles. The van der Waals surface area contributed by atoms with E-state index < -0.39 is 11.9 Å². The fourth-order valence-electron chi connectivity index (χ4n) is 4.27. The number of allylic oxidation sites excluding steroid dienone is 2. The molecule has 0 aliphatic heterocycles. The predicted octanol–water partition coefficient (Wildman–Crippen LogP) is 2.21. The van der Waals surface area contributed by atoms with Gasteiger partial charge in [-0.15, -0.1) is 0 Å². The Kier molecular flexibility index (Phi) is 3.81. The topological polar surface area (TPSA) is 66.4 Å². The minimum atomic E-state index is -0.820. The first-order valence-electron chi connectivity index (χ1n) is 7.85. The van der Waals surface area contributed by atoms with Gasteiger partial charge in [0, 0.05) is 6.54 Å². The Balaban J connectivity index is 1.58. The summed E-state index contributed by atoms with van der Waals surface area (Å²) < 4.78 is 0. The number of nitrogens with one attached hydrogen (secondary N) is 1. The van der Waals surface area contributed by atoms with E-state index in [4.69, 9.17) is 0 Å². The highest BCUT2D eigenvalue weighted by Gasteiger charge is 2.51. The van der Waals surface area contributed by atoms with Crippen molar-refractivity contribution >= 4 is 11.9 Å². The number of rotatable bonds is 4. The van der Waals surface area contributed by atoms with Gasteiger partial charge in [-0.3, -0.25) is 9.59 Å². The van der Waals surface area contributed by atoms with E-state index in [0.717, 1.165) is 13.0 Å². The number of carboxylic acid groups (broad SMARTS) is 1. The van der Waals surface area contributed by atoms with E-state index in [1.54, 1.807) is 0 Å². The van der Waals surface area contributed by atoms with Crippen LogP contribution in [-0.2, 0) is 9.59 Å². The van der Waals surface area contributed by atoms with E-state index in [1.807, 2.05) is 12.2 Å². The number of carbonyl (C=O) groups is 2. The Morgan fingerprint density at radius 3 is 2.35 bits per heavy atom. The number of hydrogen-bond donors (Lipinski definition) is 2. The molecule has 3 aliphatic rings. The molecule has 20 heavy (non-hydrogen) atoms. The van der Waals surface area contributed by atoms with Gasteiger partial charge < -0.3 is 10.4 Å². The molecule has 110 valence electrons. The molecule has 0 radical (unpaired) electrons. The Bertz CT molecular complexity index is 425. The van der Waals surface area contributed by atoms with E-state index in [-0.39, 0.29) is 23.7 Å². The number of carboxylic acids is 1. The van der Waals surface area contributed by atoms with Crippen LogP contribution in [0.15, 0.2) is 12.2 Å². The Morgan fingerprint density at radius 1 is 1.05 bits per heavy atom. The van der Waals surface area contributed by atoms with Crippen LogP contribution in [-0.4, -0.2) is 23.5 Å². The molecule has 2 fully saturated rings. The monoisotopic (exact) mass is 277 g/mol. The molecule has 0 saturated heterocycles. The Labute approximate surface area is 119 Å². The van der Waals surface area contributed by atoms with Gasteiger partial charge in [0.05, 0.1) is 11.8 Å². The lowest BCUT2D eigenvalue weighted by Crippen LogP contribution is -2.42. The van der Waals surface area contributed by atoms with Crippen molar-refractivity contribution in [3.8, 4) is 0 Å². The van der Waals surface area contributed by atoms with Crippen LogP contribution in [0, 0.1) is 29.6 Å². The summed E-state index contributed by atoms with van der Waals surface area (Å²) in [7, 11) is 0. The number of carbonyl (C=O) groups excluding carboxylic acids is 1. The molecule has 0 aromatic heterocycles. The van der Waals surface area contributed by atoms with Crippen molar-refractivity contribution in [3.63, 3.8) is 0 Å². The maximum atomic E-state index is 12.4. The fraction of sp³-hybridized carbons (Fsp3) is 0.750. The number of fused-ring (bicyclic) bond motifs is 2. The van der Waals surface area contributed by atoms with E-state index in [0.29, 0.717) is 5.92 Å². The highest BCUT2D eigenvalue weighted by molar-refractivity contribution is 5.86. The van der Waals surface area contributed by atoms with Crippen molar-refractivity contribution in [2.45, 2.75) is 38.5 Å². The van der Waals surface area contributed by atoms with Crippen molar-refractivity contribution in [1.82, 2.24) is 5.32 Å². The first-order valence-corrected chi connectivity index (χ1v) is 7.85. The zero-order chi connectivity index (χ0) is 14.1. The quantitative estimate of drug-likeness (QED) is 0.774. The molecule has 0 spiro atoms. The molecule has 0 heterocycles. The van der Waals surface area contributed by atoms with E-state index >= 15 is 0 Å². The van der Waals surface area contributed by atoms with Crippen LogP contribution in [0.25, 0.3) is 0 Å². The summed E-state index contributed by atoms with van der Waals surface area (Å²) in [6.45, 7) is 0.725. The maximum absolute atomic E-state index is 12.4. The molecule has 0 unspecified atom stereocenters. The highest BCUT2D eigenvalue weighted by Crippen LogP contribution is 2.48. The minimum absolute atomic E-state index is 0.0418. The second kappa shape index (κ2) is 5.58. The van der Waals surface area contributed by atoms with Gasteiger partial charge in [0.2, 0.25) is 5.91 Å². The van der Waals surface area contributed by atoms with Gasteiger partial charge in [-0.2, -0.15) is 0 Å². The first-order chi connectivity index (χ1) is 9.66. The lowest BCUT2D eigenvalue weighted by atomic mass is 9.82. The Morgan fingerprint density at radius 2 is 1.70 bits per heavy atom. The van der Waals surface area contributed by atoms with Gasteiger partial charge in [0.1, 0.15) is 0 Å². The van der Waals surface area contributed by atoms with Crippen molar-refractivity contribution in [2.24, 2.45) is 29.6 Å². The number of aliphatic carboxylic acids is 1. The van der Waals surface area contributed by atoms with Crippen molar-refractivity contribution in [3.05, 3.63) is 12.2 Å². The fourth-order valence-corrected chi connectivity index (χ4v) is 4.27. The zero-order valence-electron chi connectivity index (χ0n) is 11.8. The van der Waals surface area contributed by atoms with Gasteiger partial charge >= 0.3 is 5.97 Å². The minimum Gasteiger partial charge on any atom is -0.481 e. The lowest BCUT2D eigenvalue weighted by Gasteiger charge is -2.26. The lowest BCUT2D eigenvalue weighted by molar-refractivity contribution is -0.147. The van der Waals surface area contributed by atoms with E-state index in [2.05, 4.69) is 5.32 Å².